The number of amides is 1. The number of hydrogen-bond acceptors (Lipinski definition) is 6. The van der Waals surface area contributed by atoms with Gasteiger partial charge in [-0.3, -0.25) is 4.79 Å². The van der Waals surface area contributed by atoms with E-state index in [2.05, 4.69) is 15.2 Å². The van der Waals surface area contributed by atoms with Crippen molar-refractivity contribution in [2.75, 3.05) is 18.4 Å². The molecule has 4 rings (SSSR count). The van der Waals surface area contributed by atoms with E-state index in [1.54, 1.807) is 6.07 Å². The zero-order valence-electron chi connectivity index (χ0n) is 20.0. The lowest BCUT2D eigenvalue weighted by Gasteiger charge is -2.30. The van der Waals surface area contributed by atoms with E-state index in [9.17, 15) is 30.8 Å². The third-order valence-corrected chi connectivity index (χ3v) is 7.99. The summed E-state index contributed by atoms with van der Waals surface area (Å²) in [5.74, 6) is -1.81. The number of benzene rings is 2. The zero-order chi connectivity index (χ0) is 27.5. The predicted octanol–water partition coefficient (Wildman–Crippen LogP) is 5.23. The number of hydrogen-bond donors (Lipinski definition) is 1. The fraction of sp³-hybridized carbons (Fsp3) is 0.280. The van der Waals surface area contributed by atoms with E-state index in [1.165, 1.54) is 53.7 Å². The van der Waals surface area contributed by atoms with Crippen LogP contribution in [0, 0.1) is 18.7 Å². The molecule has 202 valence electrons. The van der Waals surface area contributed by atoms with Crippen molar-refractivity contribution in [2.24, 2.45) is 5.92 Å². The molecule has 38 heavy (non-hydrogen) atoms. The van der Waals surface area contributed by atoms with Crippen molar-refractivity contribution in [3.8, 4) is 5.75 Å². The molecule has 0 atom stereocenters. The molecular weight excluding hydrogens is 530 g/mol. The van der Waals surface area contributed by atoms with Crippen molar-refractivity contribution >= 4 is 33.8 Å². The van der Waals surface area contributed by atoms with Crippen LogP contribution >= 0.6 is 0 Å². The highest BCUT2D eigenvalue weighted by Gasteiger charge is 2.36. The van der Waals surface area contributed by atoms with Crippen LogP contribution < -0.4 is 10.1 Å². The second kappa shape index (κ2) is 11.0. The number of carbonyl (C=O) groups is 1. The van der Waals surface area contributed by atoms with Gasteiger partial charge in [-0.1, -0.05) is 23.4 Å². The molecule has 1 aromatic heterocycles. The summed E-state index contributed by atoms with van der Waals surface area (Å²) in [6, 6.07) is 10.7. The number of halogens is 4. The van der Waals surface area contributed by atoms with Gasteiger partial charge in [-0.25, -0.2) is 12.8 Å². The minimum atomic E-state index is -4.82. The summed E-state index contributed by atoms with van der Waals surface area (Å²) in [4.78, 5) is 12.5. The summed E-state index contributed by atoms with van der Waals surface area (Å²) in [5.41, 5.74) is 0.682. The monoisotopic (exact) mass is 553 g/mol. The number of sulfonamides is 1. The number of rotatable bonds is 7. The Morgan fingerprint density at radius 3 is 2.39 bits per heavy atom. The normalized spacial score (nSPS) is 15.6. The molecule has 8 nitrogen and oxygen atoms in total. The third-order valence-electron chi connectivity index (χ3n) is 5.93. The minimum absolute atomic E-state index is 0.0384. The molecule has 13 heteroatoms. The van der Waals surface area contributed by atoms with Crippen LogP contribution in [-0.2, 0) is 14.8 Å². The van der Waals surface area contributed by atoms with Crippen LogP contribution in [0.3, 0.4) is 0 Å². The van der Waals surface area contributed by atoms with E-state index in [4.69, 9.17) is 4.52 Å². The number of piperidine rings is 1. The molecule has 2 aromatic carbocycles. The van der Waals surface area contributed by atoms with Crippen molar-refractivity contribution in [2.45, 2.75) is 31.0 Å². The Hall–Kier alpha value is -3.71. The fourth-order valence-corrected chi connectivity index (χ4v) is 5.77. The SMILES string of the molecule is Cc1noc(/C=C/c2ccccc2F)c1S(=O)(=O)N1CCC(C(=O)Nc2ccc(OC(F)(F)F)cc2)CC1. The number of nitrogens with one attached hydrogen (secondary N) is 1. The lowest BCUT2D eigenvalue weighted by Crippen LogP contribution is -2.41. The zero-order valence-corrected chi connectivity index (χ0v) is 20.9. The number of carbonyl (C=O) groups excluding carboxylic acids is 1. The Morgan fingerprint density at radius 1 is 1.11 bits per heavy atom. The average molecular weight is 554 g/mol. The van der Waals surface area contributed by atoms with Gasteiger partial charge < -0.3 is 14.6 Å². The van der Waals surface area contributed by atoms with E-state index >= 15 is 0 Å². The number of ether oxygens (including phenoxy) is 1. The Bertz CT molecular complexity index is 1430. The first-order valence-electron chi connectivity index (χ1n) is 11.5. The van der Waals surface area contributed by atoms with Crippen LogP contribution in [0.1, 0.15) is 29.9 Å². The van der Waals surface area contributed by atoms with Crippen LogP contribution in [0.2, 0.25) is 0 Å². The molecule has 0 saturated carbocycles. The van der Waals surface area contributed by atoms with Crippen molar-refractivity contribution in [1.29, 1.82) is 0 Å². The lowest BCUT2D eigenvalue weighted by atomic mass is 9.97. The quantitative estimate of drug-likeness (QED) is 0.402. The summed E-state index contributed by atoms with van der Waals surface area (Å²) in [6.07, 6.45) is -1.62. The predicted molar refractivity (Wildman–Crippen MR) is 130 cm³/mol. The van der Waals surface area contributed by atoms with Gasteiger partial charge in [0.2, 0.25) is 15.9 Å². The van der Waals surface area contributed by atoms with Crippen LogP contribution in [0.25, 0.3) is 12.2 Å². The first-order valence-corrected chi connectivity index (χ1v) is 12.9. The summed E-state index contributed by atoms with van der Waals surface area (Å²) in [7, 11) is -4.03. The highest BCUT2D eigenvalue weighted by Crippen LogP contribution is 2.30. The number of aromatic nitrogens is 1. The minimum Gasteiger partial charge on any atom is -0.406 e. The summed E-state index contributed by atoms with van der Waals surface area (Å²) in [5, 5.41) is 6.40. The molecule has 0 bridgehead atoms. The second-order valence-electron chi connectivity index (χ2n) is 8.56. The molecule has 2 heterocycles. The molecule has 1 saturated heterocycles. The maximum Gasteiger partial charge on any atom is 0.573 e. The summed E-state index contributed by atoms with van der Waals surface area (Å²) in [6.45, 7) is 1.60. The smallest absolute Gasteiger partial charge is 0.406 e. The van der Waals surface area contributed by atoms with Crippen molar-refractivity contribution in [1.82, 2.24) is 9.46 Å². The second-order valence-corrected chi connectivity index (χ2v) is 10.4. The number of alkyl halides is 3. The highest BCUT2D eigenvalue weighted by atomic mass is 32.2. The average Bonchev–Trinajstić information content (AvgIpc) is 3.25. The van der Waals surface area contributed by atoms with E-state index in [1.807, 2.05) is 0 Å². The number of nitrogens with zero attached hydrogens (tertiary/aromatic N) is 2. The molecule has 3 aromatic rings. The largest absolute Gasteiger partial charge is 0.573 e. The first-order chi connectivity index (χ1) is 17.9. The molecule has 0 aliphatic carbocycles. The topological polar surface area (TPSA) is 102 Å². The van der Waals surface area contributed by atoms with Crippen molar-refractivity contribution in [3.63, 3.8) is 0 Å². The van der Waals surface area contributed by atoms with Crippen molar-refractivity contribution < 1.29 is 40.0 Å². The maximum atomic E-state index is 13.9. The summed E-state index contributed by atoms with van der Waals surface area (Å²) >= 11 is 0. The van der Waals surface area contributed by atoms with Gasteiger partial charge in [0.1, 0.15) is 17.3 Å². The van der Waals surface area contributed by atoms with Gasteiger partial charge in [0.15, 0.2) is 10.7 Å². The van der Waals surface area contributed by atoms with Gasteiger partial charge in [-0.2, -0.15) is 4.31 Å². The van der Waals surface area contributed by atoms with Crippen LogP contribution in [0.5, 0.6) is 5.75 Å². The Labute approximate surface area is 215 Å². The van der Waals surface area contributed by atoms with E-state index < -0.39 is 33.9 Å². The fourth-order valence-electron chi connectivity index (χ4n) is 4.05. The Morgan fingerprint density at radius 2 is 1.76 bits per heavy atom. The van der Waals surface area contributed by atoms with E-state index in [0.717, 1.165) is 12.1 Å². The molecule has 0 radical (unpaired) electrons. The molecule has 1 aliphatic heterocycles. The third kappa shape index (κ3) is 6.40. The van der Waals surface area contributed by atoms with E-state index in [0.29, 0.717) is 0 Å². The van der Waals surface area contributed by atoms with E-state index in [-0.39, 0.29) is 59.4 Å². The Kier molecular flexibility index (Phi) is 7.88. The molecule has 0 spiro atoms. The lowest BCUT2D eigenvalue weighted by molar-refractivity contribution is -0.274. The summed E-state index contributed by atoms with van der Waals surface area (Å²) < 4.78 is 87.9. The maximum absolute atomic E-state index is 13.9. The van der Waals surface area contributed by atoms with Crippen LogP contribution in [0.4, 0.5) is 23.2 Å². The Balaban J connectivity index is 1.40. The van der Waals surface area contributed by atoms with Gasteiger partial charge in [0.25, 0.3) is 0 Å². The van der Waals surface area contributed by atoms with Crippen LogP contribution in [-0.4, -0.2) is 43.2 Å². The van der Waals surface area contributed by atoms with Gasteiger partial charge in [-0.05, 0) is 62.2 Å². The van der Waals surface area contributed by atoms with Crippen LogP contribution in [0.15, 0.2) is 57.9 Å². The standard InChI is InChI=1S/C25H23F4N3O5S/c1-16-23(22(37-31-16)11-6-17-4-2-3-5-21(17)26)38(34,35)32-14-12-18(13-15-32)24(33)30-19-7-9-20(10-8-19)36-25(27,28)29/h2-11,18H,12-15H2,1H3,(H,30,33)/b11-6+. The van der Waals surface area contributed by atoms with Gasteiger partial charge in [-0.15, -0.1) is 13.2 Å². The van der Waals surface area contributed by atoms with Crippen molar-refractivity contribution in [3.05, 3.63) is 71.4 Å². The molecule has 0 unspecified atom stereocenters. The molecule has 1 amide bonds. The highest BCUT2D eigenvalue weighted by molar-refractivity contribution is 7.89. The molecular formula is C25H23F4N3O5S. The molecule has 1 aliphatic rings. The van der Waals surface area contributed by atoms with Gasteiger partial charge >= 0.3 is 6.36 Å². The van der Waals surface area contributed by atoms with Gasteiger partial charge in [0, 0.05) is 30.3 Å². The van der Waals surface area contributed by atoms with Gasteiger partial charge in [0.05, 0.1) is 0 Å². The molecule has 1 fully saturated rings. The number of aryl methyl sites for hydroxylation is 1. The first kappa shape index (κ1) is 27.3. The number of anilines is 1. The molecule has 1 N–H and O–H groups in total.